The number of hydrogen-bond donors (Lipinski definition) is 0. The molecule has 2 aliphatic rings. The molecular weight excluding hydrogens is 314 g/mol. The first kappa shape index (κ1) is 14.8. The van der Waals surface area contributed by atoms with Crippen LogP contribution in [0.5, 0.6) is 0 Å². The predicted molar refractivity (Wildman–Crippen MR) is 94.5 cm³/mol. The van der Waals surface area contributed by atoms with Crippen LogP contribution in [0.3, 0.4) is 0 Å². The van der Waals surface area contributed by atoms with Crippen molar-refractivity contribution in [3.63, 3.8) is 0 Å². The van der Waals surface area contributed by atoms with Crippen LogP contribution in [-0.4, -0.2) is 55.6 Å². The predicted octanol–water partition coefficient (Wildman–Crippen LogP) is 1.72. The number of piperazine rings is 1. The second kappa shape index (κ2) is 6.07. The molecule has 7 heteroatoms. The van der Waals surface area contributed by atoms with E-state index in [1.54, 1.807) is 0 Å². The number of aromatic nitrogens is 5. The van der Waals surface area contributed by atoms with Crippen LogP contribution < -0.4 is 4.90 Å². The first-order chi connectivity index (χ1) is 12.4. The van der Waals surface area contributed by atoms with E-state index in [4.69, 9.17) is 0 Å². The van der Waals surface area contributed by atoms with Crippen molar-refractivity contribution in [2.75, 3.05) is 31.1 Å². The summed E-state index contributed by atoms with van der Waals surface area (Å²) in [5.74, 6) is 2.64. The maximum atomic E-state index is 4.61. The van der Waals surface area contributed by atoms with Gasteiger partial charge >= 0.3 is 0 Å². The van der Waals surface area contributed by atoms with Gasteiger partial charge in [-0.25, -0.2) is 4.98 Å². The second-order valence-electron chi connectivity index (χ2n) is 6.90. The molecular formula is C18H21N7. The van der Waals surface area contributed by atoms with E-state index >= 15 is 0 Å². The SMILES string of the molecule is c1cncc(CN2CCN(c3nccn4c(C5CC5)nnc34)CC2)c1. The fourth-order valence-electron chi connectivity index (χ4n) is 3.54. The number of fused-ring (bicyclic) bond motifs is 1. The normalized spacial score (nSPS) is 18.8. The molecule has 0 bridgehead atoms. The lowest BCUT2D eigenvalue weighted by Gasteiger charge is -2.35. The molecule has 128 valence electrons. The summed E-state index contributed by atoms with van der Waals surface area (Å²) in [7, 11) is 0. The number of rotatable bonds is 4. The Morgan fingerprint density at radius 3 is 2.68 bits per heavy atom. The molecule has 0 aromatic carbocycles. The summed E-state index contributed by atoms with van der Waals surface area (Å²) < 4.78 is 2.13. The number of nitrogens with zero attached hydrogens (tertiary/aromatic N) is 7. The van der Waals surface area contributed by atoms with Gasteiger partial charge in [-0.3, -0.25) is 14.3 Å². The van der Waals surface area contributed by atoms with Crippen molar-refractivity contribution in [1.82, 2.24) is 29.5 Å². The van der Waals surface area contributed by atoms with Crippen LogP contribution >= 0.6 is 0 Å². The summed E-state index contributed by atoms with van der Waals surface area (Å²) >= 11 is 0. The summed E-state index contributed by atoms with van der Waals surface area (Å²) in [6.07, 6.45) is 10.1. The standard InChI is InChI=1S/C18H21N7/c1-2-14(12-19-5-1)13-23-8-10-24(11-9-23)17-18-22-21-16(15-3-4-15)25(18)7-6-20-17/h1-2,5-7,12,15H,3-4,8-11,13H2. The molecule has 0 amide bonds. The third-order valence-corrected chi connectivity index (χ3v) is 5.08. The van der Waals surface area contributed by atoms with Gasteiger partial charge in [-0.2, -0.15) is 0 Å². The summed E-state index contributed by atoms with van der Waals surface area (Å²) in [5, 5.41) is 8.84. The van der Waals surface area contributed by atoms with Crippen molar-refractivity contribution >= 4 is 11.5 Å². The van der Waals surface area contributed by atoms with Crippen LogP contribution in [0.1, 0.15) is 30.1 Å². The minimum Gasteiger partial charge on any atom is -0.351 e. The van der Waals surface area contributed by atoms with Crippen molar-refractivity contribution in [3.8, 4) is 0 Å². The van der Waals surface area contributed by atoms with E-state index in [2.05, 4.69) is 40.4 Å². The third-order valence-electron chi connectivity index (χ3n) is 5.08. The molecule has 25 heavy (non-hydrogen) atoms. The highest BCUT2D eigenvalue weighted by molar-refractivity contribution is 5.64. The Bertz CT molecular complexity index is 864. The van der Waals surface area contributed by atoms with Gasteiger partial charge in [0.15, 0.2) is 5.82 Å². The lowest BCUT2D eigenvalue weighted by molar-refractivity contribution is 0.249. The van der Waals surface area contributed by atoms with Crippen molar-refractivity contribution in [2.24, 2.45) is 0 Å². The minimum atomic E-state index is 0.585. The summed E-state index contributed by atoms with van der Waals surface area (Å²) in [4.78, 5) is 13.6. The molecule has 1 saturated carbocycles. The minimum absolute atomic E-state index is 0.585. The first-order valence-corrected chi connectivity index (χ1v) is 8.94. The molecule has 0 spiro atoms. The number of pyridine rings is 1. The topological polar surface area (TPSA) is 62.5 Å². The Hall–Kier alpha value is -2.54. The van der Waals surface area contributed by atoms with E-state index in [0.29, 0.717) is 5.92 Å². The smallest absolute Gasteiger partial charge is 0.203 e. The quantitative estimate of drug-likeness (QED) is 0.723. The molecule has 3 aromatic rings. The Balaban J connectivity index is 1.31. The summed E-state index contributed by atoms with van der Waals surface area (Å²) in [6, 6.07) is 4.14. The molecule has 0 N–H and O–H groups in total. The monoisotopic (exact) mass is 335 g/mol. The van der Waals surface area contributed by atoms with Gasteiger partial charge < -0.3 is 4.90 Å². The molecule has 5 rings (SSSR count). The Labute approximate surface area is 146 Å². The number of hydrogen-bond acceptors (Lipinski definition) is 6. The lowest BCUT2D eigenvalue weighted by Crippen LogP contribution is -2.46. The largest absolute Gasteiger partial charge is 0.351 e. The number of anilines is 1. The molecule has 7 nitrogen and oxygen atoms in total. The maximum Gasteiger partial charge on any atom is 0.203 e. The Kier molecular flexibility index (Phi) is 3.59. The summed E-state index contributed by atoms with van der Waals surface area (Å²) in [6.45, 7) is 4.90. The van der Waals surface area contributed by atoms with Gasteiger partial charge in [-0.05, 0) is 24.5 Å². The highest BCUT2D eigenvalue weighted by Crippen LogP contribution is 2.39. The van der Waals surface area contributed by atoms with E-state index < -0.39 is 0 Å². The van der Waals surface area contributed by atoms with E-state index in [9.17, 15) is 0 Å². The highest BCUT2D eigenvalue weighted by atomic mass is 15.3. The molecule has 3 aromatic heterocycles. The zero-order chi connectivity index (χ0) is 16.6. The van der Waals surface area contributed by atoms with Gasteiger partial charge in [0.2, 0.25) is 5.65 Å². The Morgan fingerprint density at radius 2 is 1.92 bits per heavy atom. The van der Waals surface area contributed by atoms with Crippen LogP contribution in [0.15, 0.2) is 36.9 Å². The van der Waals surface area contributed by atoms with Gasteiger partial charge in [0, 0.05) is 63.4 Å². The van der Waals surface area contributed by atoms with Crippen LogP contribution in [0.4, 0.5) is 5.82 Å². The lowest BCUT2D eigenvalue weighted by atomic mass is 10.2. The zero-order valence-electron chi connectivity index (χ0n) is 14.1. The molecule has 0 unspecified atom stereocenters. The van der Waals surface area contributed by atoms with Gasteiger partial charge in [0.1, 0.15) is 5.82 Å². The highest BCUT2D eigenvalue weighted by Gasteiger charge is 2.30. The fourth-order valence-corrected chi connectivity index (χ4v) is 3.54. The van der Waals surface area contributed by atoms with Crippen LogP contribution in [0.25, 0.3) is 5.65 Å². The van der Waals surface area contributed by atoms with Crippen LogP contribution in [-0.2, 0) is 6.54 Å². The first-order valence-electron chi connectivity index (χ1n) is 8.94. The maximum absolute atomic E-state index is 4.61. The van der Waals surface area contributed by atoms with Crippen molar-refractivity contribution in [1.29, 1.82) is 0 Å². The second-order valence-corrected chi connectivity index (χ2v) is 6.90. The van der Waals surface area contributed by atoms with Crippen molar-refractivity contribution in [2.45, 2.75) is 25.3 Å². The van der Waals surface area contributed by atoms with Crippen LogP contribution in [0.2, 0.25) is 0 Å². The Morgan fingerprint density at radius 1 is 1.04 bits per heavy atom. The molecule has 1 aliphatic carbocycles. The molecule has 1 aliphatic heterocycles. The average Bonchev–Trinajstić information content (AvgIpc) is 3.42. The molecule has 1 saturated heterocycles. The van der Waals surface area contributed by atoms with E-state index in [1.807, 2.05) is 30.9 Å². The van der Waals surface area contributed by atoms with Gasteiger partial charge in [-0.1, -0.05) is 6.07 Å². The van der Waals surface area contributed by atoms with Gasteiger partial charge in [-0.15, -0.1) is 10.2 Å². The third kappa shape index (κ3) is 2.84. The molecule has 2 fully saturated rings. The average molecular weight is 335 g/mol. The summed E-state index contributed by atoms with van der Waals surface area (Å²) in [5.41, 5.74) is 2.16. The van der Waals surface area contributed by atoms with Gasteiger partial charge in [0.25, 0.3) is 0 Å². The van der Waals surface area contributed by atoms with E-state index in [-0.39, 0.29) is 0 Å². The molecule has 0 radical (unpaired) electrons. The van der Waals surface area contributed by atoms with Gasteiger partial charge in [0.05, 0.1) is 0 Å². The van der Waals surface area contributed by atoms with Crippen molar-refractivity contribution < 1.29 is 0 Å². The fraction of sp³-hybridized carbons (Fsp3) is 0.444. The van der Waals surface area contributed by atoms with Crippen LogP contribution in [0, 0.1) is 0 Å². The molecule has 0 atom stereocenters. The molecule has 4 heterocycles. The van der Waals surface area contributed by atoms with E-state index in [0.717, 1.165) is 50.0 Å². The zero-order valence-corrected chi connectivity index (χ0v) is 14.1. The van der Waals surface area contributed by atoms with E-state index in [1.165, 1.54) is 18.4 Å². The van der Waals surface area contributed by atoms with Crippen molar-refractivity contribution in [3.05, 3.63) is 48.3 Å².